The Morgan fingerprint density at radius 2 is 1.57 bits per heavy atom. The van der Waals surface area contributed by atoms with Crippen molar-refractivity contribution in [3.8, 4) is 17.2 Å². The van der Waals surface area contributed by atoms with Crippen LogP contribution in [0.1, 0.15) is 10.5 Å². The smallest absolute Gasteiger partial charge is 0.356 e. The molecule has 35 heavy (non-hydrogen) atoms. The number of fused-ring (bicyclic) bond motifs is 1. The van der Waals surface area contributed by atoms with E-state index in [9.17, 15) is 9.59 Å². The van der Waals surface area contributed by atoms with Crippen molar-refractivity contribution < 1.29 is 28.5 Å². The zero-order valence-corrected chi connectivity index (χ0v) is 20.3. The second-order valence-corrected chi connectivity index (χ2v) is 8.10. The largest absolute Gasteiger partial charge is 0.495 e. The fourth-order valence-electron chi connectivity index (χ4n) is 4.33. The van der Waals surface area contributed by atoms with Crippen LogP contribution in [0.2, 0.25) is 0 Å². The number of carbonyl (C=O) groups excluding carboxylic acids is 2. The van der Waals surface area contributed by atoms with Gasteiger partial charge in [0.1, 0.15) is 11.4 Å². The zero-order chi connectivity index (χ0) is 24.9. The summed E-state index contributed by atoms with van der Waals surface area (Å²) in [6.45, 7) is 3.17. The number of aromatic amines is 1. The first-order valence-corrected chi connectivity index (χ1v) is 11.2. The molecule has 10 nitrogen and oxygen atoms in total. The summed E-state index contributed by atoms with van der Waals surface area (Å²) >= 11 is 0. The molecule has 4 rings (SSSR count). The van der Waals surface area contributed by atoms with Crippen molar-refractivity contribution in [2.24, 2.45) is 0 Å². The average Bonchev–Trinajstić information content (AvgIpc) is 3.24. The molecule has 0 radical (unpaired) electrons. The lowest BCUT2D eigenvalue weighted by molar-refractivity contribution is -0.117. The molecule has 2 aromatic carbocycles. The third-order valence-corrected chi connectivity index (χ3v) is 6.12. The van der Waals surface area contributed by atoms with Gasteiger partial charge in [0.05, 0.1) is 51.9 Å². The van der Waals surface area contributed by atoms with Gasteiger partial charge in [-0.2, -0.15) is 0 Å². The minimum atomic E-state index is -0.583. The van der Waals surface area contributed by atoms with Crippen molar-refractivity contribution in [2.75, 3.05) is 71.4 Å². The molecule has 3 aromatic rings. The predicted octanol–water partition coefficient (Wildman–Crippen LogP) is 2.74. The normalized spacial score (nSPS) is 14.0. The number of H-pyrrole nitrogens is 1. The van der Waals surface area contributed by atoms with Gasteiger partial charge in [-0.3, -0.25) is 9.69 Å². The van der Waals surface area contributed by atoms with Gasteiger partial charge in [-0.1, -0.05) is 12.1 Å². The molecule has 1 fully saturated rings. The van der Waals surface area contributed by atoms with Gasteiger partial charge in [0.2, 0.25) is 5.91 Å². The first kappa shape index (κ1) is 24.2. The van der Waals surface area contributed by atoms with Crippen LogP contribution in [0.3, 0.4) is 0 Å². The second kappa shape index (κ2) is 10.6. The Labute approximate surface area is 203 Å². The fraction of sp³-hybridized carbons (Fsp3) is 0.360. The van der Waals surface area contributed by atoms with Crippen molar-refractivity contribution >= 4 is 34.2 Å². The van der Waals surface area contributed by atoms with E-state index < -0.39 is 5.97 Å². The van der Waals surface area contributed by atoms with E-state index in [-0.39, 0.29) is 18.1 Å². The monoisotopic (exact) mass is 482 g/mol. The van der Waals surface area contributed by atoms with Gasteiger partial charge >= 0.3 is 5.97 Å². The maximum Gasteiger partial charge on any atom is 0.356 e. The van der Waals surface area contributed by atoms with E-state index in [4.69, 9.17) is 18.9 Å². The Bertz CT molecular complexity index is 1220. The molecule has 0 saturated carbocycles. The van der Waals surface area contributed by atoms with E-state index in [1.807, 2.05) is 24.3 Å². The molecule has 2 heterocycles. The number of piperazine rings is 1. The number of esters is 1. The number of anilines is 2. The summed E-state index contributed by atoms with van der Waals surface area (Å²) in [6.07, 6.45) is 0. The van der Waals surface area contributed by atoms with Crippen LogP contribution in [0.15, 0.2) is 36.4 Å². The van der Waals surface area contributed by atoms with Crippen molar-refractivity contribution in [1.82, 2.24) is 9.88 Å². The van der Waals surface area contributed by atoms with Gasteiger partial charge in [0, 0.05) is 37.6 Å². The van der Waals surface area contributed by atoms with Crippen LogP contribution in [-0.2, 0) is 9.53 Å². The average molecular weight is 483 g/mol. The molecule has 1 aliphatic rings. The van der Waals surface area contributed by atoms with Crippen LogP contribution in [0, 0.1) is 0 Å². The van der Waals surface area contributed by atoms with E-state index in [2.05, 4.69) is 20.1 Å². The maximum atomic E-state index is 13.0. The third-order valence-electron chi connectivity index (χ3n) is 6.12. The molecule has 0 spiro atoms. The van der Waals surface area contributed by atoms with Gasteiger partial charge in [-0.25, -0.2) is 4.79 Å². The molecule has 1 saturated heterocycles. The summed E-state index contributed by atoms with van der Waals surface area (Å²) in [5.41, 5.74) is 2.17. The Kier molecular flexibility index (Phi) is 7.31. The first-order chi connectivity index (χ1) is 17.0. The number of carbonyl (C=O) groups is 2. The summed E-state index contributed by atoms with van der Waals surface area (Å²) in [5.74, 6) is 1.01. The summed E-state index contributed by atoms with van der Waals surface area (Å²) in [6, 6.07) is 11.4. The minimum Gasteiger partial charge on any atom is -0.495 e. The minimum absolute atomic E-state index is 0.159. The number of nitrogens with zero attached hydrogens (tertiary/aromatic N) is 2. The van der Waals surface area contributed by atoms with E-state index in [1.165, 1.54) is 21.3 Å². The number of hydrogen-bond acceptors (Lipinski definition) is 8. The molecular formula is C25H30N4O6. The molecule has 1 aliphatic heterocycles. The highest BCUT2D eigenvalue weighted by Crippen LogP contribution is 2.37. The third kappa shape index (κ3) is 4.97. The zero-order valence-electron chi connectivity index (χ0n) is 20.3. The molecule has 10 heteroatoms. The van der Waals surface area contributed by atoms with Crippen molar-refractivity contribution in [2.45, 2.75) is 0 Å². The van der Waals surface area contributed by atoms with Crippen LogP contribution in [-0.4, -0.2) is 82.9 Å². The molecule has 0 atom stereocenters. The summed E-state index contributed by atoms with van der Waals surface area (Å²) < 4.78 is 21.1. The van der Waals surface area contributed by atoms with E-state index in [0.717, 1.165) is 24.5 Å². The fourth-order valence-corrected chi connectivity index (χ4v) is 4.33. The Hall–Kier alpha value is -3.92. The number of ether oxygens (including phenoxy) is 4. The van der Waals surface area contributed by atoms with Gasteiger partial charge in [0.25, 0.3) is 0 Å². The van der Waals surface area contributed by atoms with Crippen molar-refractivity contribution in [3.05, 3.63) is 42.1 Å². The van der Waals surface area contributed by atoms with Gasteiger partial charge in [-0.05, 0) is 18.2 Å². The molecule has 1 aromatic heterocycles. The number of hydrogen-bond donors (Lipinski definition) is 2. The highest BCUT2D eigenvalue weighted by atomic mass is 16.5. The van der Waals surface area contributed by atoms with Crippen molar-refractivity contribution in [1.29, 1.82) is 0 Å². The highest BCUT2D eigenvalue weighted by Gasteiger charge is 2.25. The SMILES string of the molecule is COC(=O)c1[nH]c2cc(OC)c(OC)cc2c1NC(=O)CN1CCN(c2ccccc2OC)CC1. The van der Waals surface area contributed by atoms with Gasteiger partial charge < -0.3 is 34.1 Å². The molecule has 0 bridgehead atoms. The molecule has 1 amide bonds. The summed E-state index contributed by atoms with van der Waals surface area (Å²) in [5, 5.41) is 3.53. The van der Waals surface area contributed by atoms with Crippen molar-refractivity contribution in [3.63, 3.8) is 0 Å². The van der Waals surface area contributed by atoms with Crippen LogP contribution in [0.5, 0.6) is 17.2 Å². The van der Waals surface area contributed by atoms with Crippen LogP contribution in [0.25, 0.3) is 10.9 Å². The predicted molar refractivity (Wildman–Crippen MR) is 133 cm³/mol. The molecule has 0 aliphatic carbocycles. The highest BCUT2D eigenvalue weighted by molar-refractivity contribution is 6.11. The Morgan fingerprint density at radius 3 is 2.23 bits per heavy atom. The van der Waals surface area contributed by atoms with Gasteiger partial charge in [-0.15, -0.1) is 0 Å². The van der Waals surface area contributed by atoms with Crippen LogP contribution in [0.4, 0.5) is 11.4 Å². The number of methoxy groups -OCH3 is 4. The lowest BCUT2D eigenvalue weighted by atomic mass is 10.2. The number of benzene rings is 2. The lowest BCUT2D eigenvalue weighted by Crippen LogP contribution is -2.48. The Morgan fingerprint density at radius 1 is 0.914 bits per heavy atom. The first-order valence-electron chi connectivity index (χ1n) is 11.2. The van der Waals surface area contributed by atoms with E-state index in [0.29, 0.717) is 41.2 Å². The number of aromatic nitrogens is 1. The lowest BCUT2D eigenvalue weighted by Gasteiger charge is -2.36. The summed E-state index contributed by atoms with van der Waals surface area (Å²) in [7, 11) is 6.02. The number of para-hydroxylation sites is 2. The quantitative estimate of drug-likeness (QED) is 0.472. The number of nitrogens with one attached hydrogen (secondary N) is 2. The van der Waals surface area contributed by atoms with E-state index >= 15 is 0 Å². The molecular weight excluding hydrogens is 452 g/mol. The second-order valence-electron chi connectivity index (χ2n) is 8.10. The topological polar surface area (TPSA) is 105 Å². The van der Waals surface area contributed by atoms with Crippen LogP contribution < -0.4 is 24.4 Å². The maximum absolute atomic E-state index is 13.0. The number of amides is 1. The molecule has 0 unspecified atom stereocenters. The standard InChI is InChI=1S/C25H30N4O6/c1-32-19-8-6-5-7-18(19)29-11-9-28(10-12-29)15-22(30)27-23-16-13-20(33-2)21(34-3)14-17(16)26-24(23)25(31)35-4/h5-8,13-14,26H,9-12,15H2,1-4H3,(H,27,30). The van der Waals surface area contributed by atoms with Gasteiger partial charge in [0.15, 0.2) is 11.5 Å². The van der Waals surface area contributed by atoms with Crippen LogP contribution >= 0.6 is 0 Å². The molecule has 2 N–H and O–H groups in total. The summed E-state index contributed by atoms with van der Waals surface area (Å²) in [4.78, 5) is 32.8. The van der Waals surface area contributed by atoms with E-state index in [1.54, 1.807) is 19.2 Å². The number of rotatable bonds is 8. The molecule has 186 valence electrons. The Balaban J connectivity index is 1.48.